The molecule has 0 spiro atoms. The van der Waals surface area contributed by atoms with Crippen LogP contribution in [-0.4, -0.2) is 39.2 Å². The predicted molar refractivity (Wildman–Crippen MR) is 117 cm³/mol. The van der Waals surface area contributed by atoms with Crippen molar-refractivity contribution in [3.05, 3.63) is 59.7 Å². The van der Waals surface area contributed by atoms with Crippen molar-refractivity contribution in [2.45, 2.75) is 9.96 Å². The first-order chi connectivity index (χ1) is 13.6. The van der Waals surface area contributed by atoms with Gasteiger partial charge >= 0.3 is 5.97 Å². The number of alkyl halides is 3. The monoisotopic (exact) mass is 475 g/mol. The van der Waals surface area contributed by atoms with Crippen molar-refractivity contribution in [1.29, 1.82) is 0 Å². The van der Waals surface area contributed by atoms with Gasteiger partial charge in [0.05, 0.1) is 18.4 Å². The number of anilines is 1. The molecule has 7 nitrogen and oxygen atoms in total. The summed E-state index contributed by atoms with van der Waals surface area (Å²) in [6.07, 6.45) is -1.21. The van der Waals surface area contributed by atoms with Crippen molar-refractivity contribution in [3.63, 3.8) is 0 Å². The topological polar surface area (TPSA) is 99.7 Å². The third kappa shape index (κ3) is 6.64. The van der Waals surface area contributed by atoms with Crippen molar-refractivity contribution in [1.82, 2.24) is 10.6 Å². The van der Waals surface area contributed by atoms with Crippen LogP contribution in [0.3, 0.4) is 0 Å². The number of carbonyl (C=O) groups is 2. The molecule has 0 fully saturated rings. The number of carboxylic acid groups (broad SMARTS) is 1. The predicted octanol–water partition coefficient (Wildman–Crippen LogP) is 3.81. The number of aromatic carboxylic acids is 1. The maximum absolute atomic E-state index is 12.5. The standard InChI is InChI=1S/C18H16Cl3N3O4S/c1-28-11-8-6-10(7-9-11)14(25)23-16(18(19,20)21)24-17(29)22-13-5-3-2-4-12(13)15(26)27/h2-9,16H,1H3,(H,23,25)(H,26,27)(H2,22,24,29)/t16-/m1/s1. The number of hydrogen-bond acceptors (Lipinski definition) is 4. The number of thiocarbonyl (C=S) groups is 1. The molecule has 29 heavy (non-hydrogen) atoms. The molecule has 0 aliphatic rings. The van der Waals surface area contributed by atoms with Crippen molar-refractivity contribution < 1.29 is 19.4 Å². The fraction of sp³-hybridized carbons (Fsp3) is 0.167. The maximum Gasteiger partial charge on any atom is 0.337 e. The number of ether oxygens (including phenoxy) is 1. The highest BCUT2D eigenvalue weighted by atomic mass is 35.6. The largest absolute Gasteiger partial charge is 0.497 e. The highest BCUT2D eigenvalue weighted by Gasteiger charge is 2.35. The van der Waals surface area contributed by atoms with E-state index in [0.29, 0.717) is 11.3 Å². The van der Waals surface area contributed by atoms with E-state index in [0.717, 1.165) is 0 Å². The van der Waals surface area contributed by atoms with Crippen molar-refractivity contribution in [2.75, 3.05) is 12.4 Å². The van der Waals surface area contributed by atoms with Crippen LogP contribution in [-0.2, 0) is 0 Å². The van der Waals surface area contributed by atoms with Crippen LogP contribution in [0.2, 0.25) is 0 Å². The Kier molecular flexibility index (Phi) is 7.92. The SMILES string of the molecule is COc1ccc(C(=O)N[C@H](NC(=S)Nc2ccccc2C(=O)O)C(Cl)(Cl)Cl)cc1. The highest BCUT2D eigenvalue weighted by Crippen LogP contribution is 2.29. The Balaban J connectivity index is 2.11. The lowest BCUT2D eigenvalue weighted by Crippen LogP contribution is -2.56. The number of rotatable bonds is 6. The molecule has 0 aliphatic heterocycles. The molecule has 11 heteroatoms. The zero-order valence-electron chi connectivity index (χ0n) is 14.9. The molecule has 154 valence electrons. The molecule has 2 rings (SSSR count). The van der Waals surface area contributed by atoms with E-state index in [1.165, 1.54) is 19.2 Å². The average molecular weight is 477 g/mol. The lowest BCUT2D eigenvalue weighted by atomic mass is 10.2. The van der Waals surface area contributed by atoms with Crippen LogP contribution >= 0.6 is 47.0 Å². The molecule has 4 N–H and O–H groups in total. The van der Waals surface area contributed by atoms with Crippen LogP contribution in [0.1, 0.15) is 20.7 Å². The van der Waals surface area contributed by atoms with Crippen molar-refractivity contribution in [3.8, 4) is 5.75 Å². The van der Waals surface area contributed by atoms with E-state index >= 15 is 0 Å². The molecule has 0 heterocycles. The third-order valence-corrected chi connectivity index (χ3v) is 4.51. The minimum absolute atomic E-state index is 0.00403. The van der Waals surface area contributed by atoms with Gasteiger partial charge in [-0.25, -0.2) is 4.79 Å². The second kappa shape index (κ2) is 9.98. The molecule has 0 unspecified atom stereocenters. The summed E-state index contributed by atoms with van der Waals surface area (Å²) in [7, 11) is 1.51. The molecule has 2 aromatic carbocycles. The molecule has 0 saturated heterocycles. The van der Waals surface area contributed by atoms with Crippen LogP contribution in [0.25, 0.3) is 0 Å². The molecule has 1 atom stereocenters. The smallest absolute Gasteiger partial charge is 0.337 e. The van der Waals surface area contributed by atoms with Gasteiger partial charge in [0.15, 0.2) is 5.11 Å². The van der Waals surface area contributed by atoms with Gasteiger partial charge in [0.25, 0.3) is 5.91 Å². The quantitative estimate of drug-likeness (QED) is 0.286. The van der Waals surface area contributed by atoms with Gasteiger partial charge in [0.1, 0.15) is 11.9 Å². The van der Waals surface area contributed by atoms with E-state index in [9.17, 15) is 14.7 Å². The number of para-hydroxylation sites is 1. The fourth-order valence-corrected chi connectivity index (χ4v) is 2.78. The molecular weight excluding hydrogens is 461 g/mol. The number of halogens is 3. The van der Waals surface area contributed by atoms with E-state index in [1.54, 1.807) is 36.4 Å². The minimum atomic E-state index is -1.96. The maximum atomic E-state index is 12.5. The lowest BCUT2D eigenvalue weighted by molar-refractivity contribution is 0.0697. The number of benzene rings is 2. The first-order valence-corrected chi connectivity index (χ1v) is 9.57. The number of nitrogens with one attached hydrogen (secondary N) is 3. The highest BCUT2D eigenvalue weighted by molar-refractivity contribution is 7.80. The molecule has 0 bridgehead atoms. The van der Waals surface area contributed by atoms with Gasteiger partial charge in [-0.3, -0.25) is 4.79 Å². The Hall–Kier alpha value is -2.26. The van der Waals surface area contributed by atoms with Gasteiger partial charge in [-0.05, 0) is 48.6 Å². The lowest BCUT2D eigenvalue weighted by Gasteiger charge is -2.28. The Morgan fingerprint density at radius 2 is 1.69 bits per heavy atom. The van der Waals surface area contributed by atoms with E-state index in [1.807, 2.05) is 0 Å². The molecule has 2 aromatic rings. The van der Waals surface area contributed by atoms with E-state index in [4.69, 9.17) is 51.8 Å². The van der Waals surface area contributed by atoms with Gasteiger partial charge in [0, 0.05) is 5.56 Å². The van der Waals surface area contributed by atoms with Crippen LogP contribution in [0.5, 0.6) is 5.75 Å². The van der Waals surface area contributed by atoms with E-state index in [-0.39, 0.29) is 16.4 Å². The number of amides is 1. The summed E-state index contributed by atoms with van der Waals surface area (Å²) in [4.78, 5) is 23.8. The summed E-state index contributed by atoms with van der Waals surface area (Å²) in [5.74, 6) is -1.08. The van der Waals surface area contributed by atoms with Crippen molar-refractivity contribution >= 4 is 69.7 Å². The number of carboxylic acids is 1. The summed E-state index contributed by atoms with van der Waals surface area (Å²) >= 11 is 23.0. The number of carbonyl (C=O) groups excluding carboxylic acids is 1. The summed E-state index contributed by atoms with van der Waals surface area (Å²) in [6, 6.07) is 12.5. The first-order valence-electron chi connectivity index (χ1n) is 8.03. The van der Waals surface area contributed by atoms with Crippen LogP contribution in [0, 0.1) is 0 Å². The molecule has 0 radical (unpaired) electrons. The van der Waals surface area contributed by atoms with Gasteiger partial charge < -0.3 is 25.8 Å². The summed E-state index contributed by atoms with van der Waals surface area (Å²) < 4.78 is 3.09. The summed E-state index contributed by atoms with van der Waals surface area (Å²) in [5, 5.41) is 17.1. The molecule has 0 saturated carbocycles. The third-order valence-electron chi connectivity index (χ3n) is 3.64. The summed E-state index contributed by atoms with van der Waals surface area (Å²) in [6.45, 7) is 0. The number of hydrogen-bond donors (Lipinski definition) is 4. The van der Waals surface area contributed by atoms with Gasteiger partial charge in [-0.1, -0.05) is 46.9 Å². The fourth-order valence-electron chi connectivity index (χ4n) is 2.22. The zero-order chi connectivity index (χ0) is 21.6. The average Bonchev–Trinajstić information content (AvgIpc) is 2.67. The second-order valence-electron chi connectivity index (χ2n) is 5.63. The second-order valence-corrected chi connectivity index (χ2v) is 8.40. The van der Waals surface area contributed by atoms with Crippen molar-refractivity contribution in [2.24, 2.45) is 0 Å². The Labute approximate surface area is 187 Å². The molecular formula is C18H16Cl3N3O4S. The van der Waals surface area contributed by atoms with Gasteiger partial charge in [0.2, 0.25) is 3.79 Å². The van der Waals surface area contributed by atoms with Crippen LogP contribution in [0.4, 0.5) is 5.69 Å². The van der Waals surface area contributed by atoms with Gasteiger partial charge in [-0.2, -0.15) is 0 Å². The molecule has 0 aliphatic carbocycles. The molecule has 1 amide bonds. The Morgan fingerprint density at radius 1 is 1.07 bits per heavy atom. The minimum Gasteiger partial charge on any atom is -0.497 e. The Bertz CT molecular complexity index is 904. The van der Waals surface area contributed by atoms with Crippen LogP contribution in [0.15, 0.2) is 48.5 Å². The van der Waals surface area contributed by atoms with E-state index in [2.05, 4.69) is 16.0 Å². The van der Waals surface area contributed by atoms with Gasteiger partial charge in [-0.15, -0.1) is 0 Å². The van der Waals surface area contributed by atoms with Crippen LogP contribution < -0.4 is 20.7 Å². The van der Waals surface area contributed by atoms with E-state index < -0.39 is 21.8 Å². The molecule has 0 aromatic heterocycles. The zero-order valence-corrected chi connectivity index (χ0v) is 18.0. The first kappa shape index (κ1) is 23.0. The number of methoxy groups -OCH3 is 1. The normalized spacial score (nSPS) is 11.9. The Morgan fingerprint density at radius 3 is 2.24 bits per heavy atom. The summed E-state index contributed by atoms with van der Waals surface area (Å²) in [5.41, 5.74) is 0.549.